The van der Waals surface area contributed by atoms with Gasteiger partial charge in [-0.05, 0) is 0 Å². The smallest absolute Gasteiger partial charge is 0.0866 e. The summed E-state index contributed by atoms with van der Waals surface area (Å²) in [6.45, 7) is 22.4. The van der Waals surface area contributed by atoms with Gasteiger partial charge in [0.05, 0.1) is 0 Å². The van der Waals surface area contributed by atoms with Gasteiger partial charge in [-0.15, -0.1) is 23.2 Å². The zero-order chi connectivity index (χ0) is 20.1. The number of hydrogen-bond donors (Lipinski definition) is 0. The van der Waals surface area contributed by atoms with Crippen LogP contribution in [0.1, 0.15) is 67.9 Å². The van der Waals surface area contributed by atoms with Crippen LogP contribution < -0.4 is 0 Å². The molecule has 25 heavy (non-hydrogen) atoms. The van der Waals surface area contributed by atoms with E-state index in [0.29, 0.717) is 0 Å². The van der Waals surface area contributed by atoms with Crippen LogP contribution in [0.25, 0.3) is 10.6 Å². The predicted molar refractivity (Wildman–Crippen MR) is 108 cm³/mol. The SMILES string of the molecule is CC(C)(C)[N-]/C=C\[N-]C(C)(C)C.CC(C)(C)[N]=[Ta].[CH2-]c1ccccc1. The molecule has 4 heteroatoms. The van der Waals surface area contributed by atoms with E-state index in [4.69, 9.17) is 0 Å². The largest absolute Gasteiger partial charge is 0.199 e. The van der Waals surface area contributed by atoms with Gasteiger partial charge in [-0.2, -0.15) is 24.6 Å². The van der Waals surface area contributed by atoms with Gasteiger partial charge in [0, 0.05) is 0 Å². The Labute approximate surface area is 168 Å². The summed E-state index contributed by atoms with van der Waals surface area (Å²) in [5, 5.41) is 8.57. The zero-order valence-electron chi connectivity index (χ0n) is 17.5. The first-order valence-electron chi connectivity index (χ1n) is 8.48. The van der Waals surface area contributed by atoms with E-state index in [2.05, 4.69) is 83.2 Å². The van der Waals surface area contributed by atoms with Gasteiger partial charge in [-0.3, -0.25) is 0 Å². The van der Waals surface area contributed by atoms with Crippen molar-refractivity contribution in [2.75, 3.05) is 0 Å². The van der Waals surface area contributed by atoms with Gasteiger partial charge in [0.25, 0.3) is 0 Å². The molecular weight excluding hydrogens is 475 g/mol. The molecule has 3 nitrogen and oxygen atoms in total. The maximum absolute atomic E-state index is 4.29. The van der Waals surface area contributed by atoms with Crippen molar-refractivity contribution in [3.8, 4) is 0 Å². The van der Waals surface area contributed by atoms with Crippen molar-refractivity contribution in [1.29, 1.82) is 0 Å². The Balaban J connectivity index is 0. The second-order valence-corrected chi connectivity index (χ2v) is 9.37. The molecule has 0 unspecified atom stereocenters. The van der Waals surface area contributed by atoms with Crippen LogP contribution in [-0.4, -0.2) is 16.6 Å². The van der Waals surface area contributed by atoms with Crippen LogP contribution in [0.5, 0.6) is 0 Å². The Hall–Kier alpha value is -1.03. The summed E-state index contributed by atoms with van der Waals surface area (Å²) in [4.78, 5) is 0. The Morgan fingerprint density at radius 2 is 1.12 bits per heavy atom. The number of nitrogens with zero attached hydrogens (tertiary/aromatic N) is 3. The molecule has 0 aliphatic rings. The molecule has 0 saturated carbocycles. The van der Waals surface area contributed by atoms with E-state index < -0.39 is 0 Å². The van der Waals surface area contributed by atoms with Crippen molar-refractivity contribution >= 4 is 0 Å². The van der Waals surface area contributed by atoms with E-state index in [1.807, 2.05) is 30.3 Å². The third kappa shape index (κ3) is 28.1. The van der Waals surface area contributed by atoms with Crippen molar-refractivity contribution in [3.05, 3.63) is 65.9 Å². The van der Waals surface area contributed by atoms with E-state index in [-0.39, 0.29) is 16.6 Å². The summed E-state index contributed by atoms with van der Waals surface area (Å²) < 4.78 is 4.13. The Morgan fingerprint density at radius 1 is 0.800 bits per heavy atom. The molecule has 143 valence electrons. The van der Waals surface area contributed by atoms with Crippen LogP contribution in [0.3, 0.4) is 0 Å². The molecule has 1 aromatic carbocycles. The van der Waals surface area contributed by atoms with Crippen LogP contribution in [0.2, 0.25) is 0 Å². The van der Waals surface area contributed by atoms with Gasteiger partial charge < -0.3 is 10.6 Å². The molecular formula is C21H36N3Ta-3. The first-order chi connectivity index (χ1) is 11.2. The third-order valence-electron chi connectivity index (χ3n) is 2.13. The van der Waals surface area contributed by atoms with Crippen molar-refractivity contribution in [2.45, 2.75) is 78.9 Å². The molecule has 1 aromatic rings. The molecule has 0 aliphatic heterocycles. The van der Waals surface area contributed by atoms with Crippen molar-refractivity contribution < 1.29 is 20.9 Å². The summed E-state index contributed by atoms with van der Waals surface area (Å²) in [5.41, 5.74) is 1.30. The van der Waals surface area contributed by atoms with E-state index in [9.17, 15) is 0 Å². The number of benzene rings is 1. The van der Waals surface area contributed by atoms with Crippen molar-refractivity contribution in [2.24, 2.45) is 3.34 Å². The van der Waals surface area contributed by atoms with Crippen LogP contribution >= 0.6 is 0 Å². The van der Waals surface area contributed by atoms with Crippen molar-refractivity contribution in [1.82, 2.24) is 0 Å². The average molecular weight is 511 g/mol. The Morgan fingerprint density at radius 3 is 1.28 bits per heavy atom. The van der Waals surface area contributed by atoms with E-state index in [1.54, 1.807) is 12.4 Å². The normalized spacial score (nSPS) is 11.5. The van der Waals surface area contributed by atoms with Crippen LogP contribution in [0, 0.1) is 6.92 Å². The van der Waals surface area contributed by atoms with Gasteiger partial charge in [0.15, 0.2) is 0 Å². The van der Waals surface area contributed by atoms with Crippen LogP contribution in [-0.2, 0) is 20.9 Å². The van der Waals surface area contributed by atoms with Crippen LogP contribution in [0.15, 0.2) is 46.1 Å². The van der Waals surface area contributed by atoms with E-state index >= 15 is 0 Å². The fourth-order valence-corrected chi connectivity index (χ4v) is 0.992. The number of rotatable bonds is 2. The predicted octanol–water partition coefficient (Wildman–Crippen LogP) is 7.19. The minimum Gasteiger partial charge on any atom is -0.199 e. The van der Waals surface area contributed by atoms with Gasteiger partial charge >= 0.3 is 50.5 Å². The molecule has 0 aliphatic carbocycles. The molecule has 0 saturated heterocycles. The second kappa shape index (κ2) is 12.3. The van der Waals surface area contributed by atoms with E-state index in [0.717, 1.165) is 26.5 Å². The second-order valence-electron chi connectivity index (χ2n) is 8.65. The minimum atomic E-state index is 0.00387. The minimum absolute atomic E-state index is 0.00387. The molecule has 0 radical (unpaired) electrons. The fourth-order valence-electron chi connectivity index (χ4n) is 0.992. The maximum atomic E-state index is 4.29. The Bertz CT molecular complexity index is 457. The standard InChI is InChI=1S/C10H20N2.C7H7.C4H9N.Ta/c1-9(2,3)11-7-8-12-10(4,5)6;1-7-5-3-2-4-6-7;1-4(2,3)5;/h7-8H,1-6H3;2-6H,1H2;1-3H3;/q-2;-1;;/b8-7-;;;. The molecule has 0 N–H and O–H groups in total. The molecule has 0 amide bonds. The molecule has 1 rings (SSSR count). The summed E-state index contributed by atoms with van der Waals surface area (Å²) in [7, 11) is 0. The van der Waals surface area contributed by atoms with Gasteiger partial charge in [0.2, 0.25) is 0 Å². The van der Waals surface area contributed by atoms with Crippen molar-refractivity contribution in [3.63, 3.8) is 0 Å². The third-order valence-corrected chi connectivity index (χ3v) is 4.29. The molecule has 0 aromatic heterocycles. The molecule has 0 heterocycles. The molecule has 0 bridgehead atoms. The summed E-state index contributed by atoms with van der Waals surface area (Å²) in [6.07, 6.45) is 3.54. The van der Waals surface area contributed by atoms with Crippen LogP contribution in [0.4, 0.5) is 0 Å². The summed E-state index contributed by atoms with van der Waals surface area (Å²) >= 11 is 1.15. The molecule has 0 spiro atoms. The first-order valence-corrected chi connectivity index (χ1v) is 9.92. The monoisotopic (exact) mass is 511 g/mol. The first kappa shape index (κ1) is 26.2. The molecule has 0 atom stereocenters. The quantitative estimate of drug-likeness (QED) is 0.377. The summed E-state index contributed by atoms with van der Waals surface area (Å²) in [5.74, 6) is 0. The van der Waals surface area contributed by atoms with Gasteiger partial charge in [-0.1, -0.05) is 47.6 Å². The number of hydrogen-bond acceptors (Lipinski definition) is 1. The fraction of sp³-hybridized carbons (Fsp3) is 0.571. The van der Waals surface area contributed by atoms with E-state index in [1.165, 1.54) is 0 Å². The Kier molecular flexibility index (Phi) is 12.9. The topological polar surface area (TPSA) is 40.6 Å². The average Bonchev–Trinajstić information content (AvgIpc) is 2.43. The van der Waals surface area contributed by atoms with Gasteiger partial charge in [-0.25, -0.2) is 12.4 Å². The zero-order valence-corrected chi connectivity index (χ0v) is 20.8. The molecule has 0 fully saturated rings. The summed E-state index contributed by atoms with van der Waals surface area (Å²) in [6, 6.07) is 9.87. The van der Waals surface area contributed by atoms with Gasteiger partial charge in [0.1, 0.15) is 0 Å². The maximum Gasteiger partial charge on any atom is -0.0866 e.